The fourth-order valence-corrected chi connectivity index (χ4v) is 4.01. The van der Waals surface area contributed by atoms with Gasteiger partial charge in [0.2, 0.25) is 0 Å². The summed E-state index contributed by atoms with van der Waals surface area (Å²) in [6.45, 7) is 5.55. The van der Waals surface area contributed by atoms with E-state index >= 15 is 0 Å². The highest BCUT2D eigenvalue weighted by molar-refractivity contribution is 5.92. The number of aromatic nitrogens is 2. The molecule has 29 heavy (non-hydrogen) atoms. The summed E-state index contributed by atoms with van der Waals surface area (Å²) in [5.41, 5.74) is 0.939. The van der Waals surface area contributed by atoms with Crippen molar-refractivity contribution in [3.05, 3.63) is 24.3 Å². The predicted molar refractivity (Wildman–Crippen MR) is 97.1 cm³/mol. The van der Waals surface area contributed by atoms with Crippen molar-refractivity contribution < 1.29 is 27.9 Å². The molecule has 0 radical (unpaired) electrons. The molecule has 1 aliphatic carbocycles. The zero-order chi connectivity index (χ0) is 21.1. The quantitative estimate of drug-likeness (QED) is 0.818. The number of hydrogen-bond donors (Lipinski definition) is 1. The third-order valence-electron chi connectivity index (χ3n) is 5.87. The molecule has 160 valence electrons. The van der Waals surface area contributed by atoms with Gasteiger partial charge in [0.15, 0.2) is 0 Å². The minimum atomic E-state index is -5.08. The van der Waals surface area contributed by atoms with Crippen LogP contribution >= 0.6 is 0 Å². The van der Waals surface area contributed by atoms with Crippen LogP contribution in [0.1, 0.15) is 42.6 Å². The van der Waals surface area contributed by atoms with E-state index in [1.807, 2.05) is 4.90 Å². The highest BCUT2D eigenvalue weighted by atomic mass is 19.4. The van der Waals surface area contributed by atoms with Crippen LogP contribution in [0.15, 0.2) is 18.6 Å². The molecule has 0 atom stereocenters. The summed E-state index contributed by atoms with van der Waals surface area (Å²) < 4.78 is 31.7. The van der Waals surface area contributed by atoms with Crippen LogP contribution < -0.4 is 0 Å². The van der Waals surface area contributed by atoms with Gasteiger partial charge in [0.05, 0.1) is 6.20 Å². The van der Waals surface area contributed by atoms with Gasteiger partial charge in [0, 0.05) is 38.6 Å². The number of nitrogens with zero attached hydrogens (tertiary/aromatic N) is 4. The van der Waals surface area contributed by atoms with Crippen molar-refractivity contribution in [3.8, 4) is 0 Å². The molecule has 0 aromatic carbocycles. The molecule has 10 heteroatoms. The SMILES string of the molecule is O=C(O)C(F)(F)F.O=C(c1cnccn1)N1CCC2(CCN(CC3CC3)C2)CC1. The van der Waals surface area contributed by atoms with Crippen LogP contribution in [0.2, 0.25) is 0 Å². The highest BCUT2D eigenvalue weighted by Crippen LogP contribution is 2.42. The summed E-state index contributed by atoms with van der Waals surface area (Å²) in [6.07, 6.45) is 6.14. The van der Waals surface area contributed by atoms with Crippen molar-refractivity contribution in [2.45, 2.75) is 38.3 Å². The second-order valence-corrected chi connectivity index (χ2v) is 8.11. The van der Waals surface area contributed by atoms with Gasteiger partial charge < -0.3 is 14.9 Å². The molecular formula is C19H25F3N4O3. The Morgan fingerprint density at radius 3 is 2.28 bits per heavy atom. The van der Waals surface area contributed by atoms with Crippen molar-refractivity contribution in [1.29, 1.82) is 0 Å². The number of carboxylic acids is 1. The topological polar surface area (TPSA) is 86.6 Å². The van der Waals surface area contributed by atoms with Gasteiger partial charge >= 0.3 is 12.1 Å². The molecule has 3 fully saturated rings. The molecule has 3 heterocycles. The van der Waals surface area contributed by atoms with Gasteiger partial charge in [-0.3, -0.25) is 9.78 Å². The van der Waals surface area contributed by atoms with E-state index in [1.54, 1.807) is 18.6 Å². The van der Waals surface area contributed by atoms with Gasteiger partial charge in [-0.15, -0.1) is 0 Å². The van der Waals surface area contributed by atoms with Crippen LogP contribution in [0.3, 0.4) is 0 Å². The molecule has 0 bridgehead atoms. The molecule has 1 aromatic heterocycles. The van der Waals surface area contributed by atoms with Crippen LogP contribution in [0, 0.1) is 11.3 Å². The highest BCUT2D eigenvalue weighted by Gasteiger charge is 2.42. The lowest BCUT2D eigenvalue weighted by Crippen LogP contribution is -2.44. The van der Waals surface area contributed by atoms with E-state index in [1.165, 1.54) is 38.9 Å². The number of amides is 1. The molecule has 3 aliphatic rings. The average molecular weight is 414 g/mol. The van der Waals surface area contributed by atoms with Crippen molar-refractivity contribution in [1.82, 2.24) is 19.8 Å². The second-order valence-electron chi connectivity index (χ2n) is 8.11. The first-order valence-electron chi connectivity index (χ1n) is 9.76. The number of likely N-dealkylation sites (tertiary alicyclic amines) is 2. The van der Waals surface area contributed by atoms with Gasteiger partial charge in [0.1, 0.15) is 5.69 Å². The molecule has 0 unspecified atom stereocenters. The van der Waals surface area contributed by atoms with Crippen LogP contribution in [0.4, 0.5) is 13.2 Å². The van der Waals surface area contributed by atoms with E-state index in [9.17, 15) is 18.0 Å². The first-order valence-corrected chi connectivity index (χ1v) is 9.76. The number of halogens is 3. The number of carboxylic acid groups (broad SMARTS) is 1. The van der Waals surface area contributed by atoms with E-state index in [0.717, 1.165) is 31.8 Å². The largest absolute Gasteiger partial charge is 0.490 e. The van der Waals surface area contributed by atoms with E-state index < -0.39 is 12.1 Å². The third-order valence-corrected chi connectivity index (χ3v) is 5.87. The second kappa shape index (κ2) is 8.64. The number of piperidine rings is 1. The summed E-state index contributed by atoms with van der Waals surface area (Å²) in [6, 6.07) is 0. The summed E-state index contributed by atoms with van der Waals surface area (Å²) in [5, 5.41) is 7.12. The molecule has 4 rings (SSSR count). The van der Waals surface area contributed by atoms with Gasteiger partial charge in [0.25, 0.3) is 5.91 Å². The zero-order valence-corrected chi connectivity index (χ0v) is 16.1. The van der Waals surface area contributed by atoms with Crippen LogP contribution in [-0.4, -0.2) is 75.7 Å². The molecule has 1 amide bonds. The Balaban J connectivity index is 0.000000298. The van der Waals surface area contributed by atoms with Crippen LogP contribution in [0.5, 0.6) is 0 Å². The number of alkyl halides is 3. The summed E-state index contributed by atoms with van der Waals surface area (Å²) in [4.78, 5) is 34.1. The number of aliphatic carboxylic acids is 1. The van der Waals surface area contributed by atoms with Crippen LogP contribution in [0.25, 0.3) is 0 Å². The Morgan fingerprint density at radius 2 is 1.76 bits per heavy atom. The summed E-state index contributed by atoms with van der Waals surface area (Å²) in [7, 11) is 0. The number of hydrogen-bond acceptors (Lipinski definition) is 5. The normalized spacial score (nSPS) is 21.6. The molecule has 7 nitrogen and oxygen atoms in total. The summed E-state index contributed by atoms with van der Waals surface area (Å²) >= 11 is 0. The van der Waals surface area contributed by atoms with E-state index in [2.05, 4.69) is 14.9 Å². The first-order chi connectivity index (χ1) is 13.7. The van der Waals surface area contributed by atoms with Gasteiger partial charge in [-0.05, 0) is 50.0 Å². The number of carbonyl (C=O) groups is 2. The number of rotatable bonds is 3. The van der Waals surface area contributed by atoms with Crippen molar-refractivity contribution in [2.75, 3.05) is 32.7 Å². The Hall–Kier alpha value is -2.23. The van der Waals surface area contributed by atoms with Crippen LogP contribution in [-0.2, 0) is 4.79 Å². The number of carbonyl (C=O) groups excluding carboxylic acids is 1. The molecule has 2 aliphatic heterocycles. The molecule has 1 aromatic rings. The lowest BCUT2D eigenvalue weighted by Gasteiger charge is -2.39. The maximum absolute atomic E-state index is 12.4. The maximum Gasteiger partial charge on any atom is 0.490 e. The minimum Gasteiger partial charge on any atom is -0.475 e. The molecular weight excluding hydrogens is 389 g/mol. The zero-order valence-electron chi connectivity index (χ0n) is 16.1. The fraction of sp³-hybridized carbons (Fsp3) is 0.684. The first kappa shape index (κ1) is 21.5. The molecule has 1 N–H and O–H groups in total. The predicted octanol–water partition coefficient (Wildman–Crippen LogP) is 2.45. The minimum absolute atomic E-state index is 0.0378. The molecule has 1 spiro atoms. The third kappa shape index (κ3) is 5.88. The van der Waals surface area contributed by atoms with Crippen molar-refractivity contribution in [3.63, 3.8) is 0 Å². The average Bonchev–Trinajstić information content (AvgIpc) is 3.43. The monoisotopic (exact) mass is 414 g/mol. The Labute approximate surface area is 166 Å². The van der Waals surface area contributed by atoms with E-state index in [4.69, 9.17) is 9.90 Å². The maximum atomic E-state index is 12.4. The standard InChI is InChI=1S/C17H24N4O.C2HF3O2/c22-16(15-11-18-6-7-19-15)21-9-4-17(5-10-21)3-8-20(13-17)12-14-1-2-14;3-2(4,5)1(6)7/h6-7,11,14H,1-5,8-10,12-13H2;(H,6,7). The smallest absolute Gasteiger partial charge is 0.475 e. The van der Waals surface area contributed by atoms with Crippen molar-refractivity contribution in [2.24, 2.45) is 11.3 Å². The van der Waals surface area contributed by atoms with E-state index in [0.29, 0.717) is 11.1 Å². The van der Waals surface area contributed by atoms with Crippen molar-refractivity contribution >= 4 is 11.9 Å². The van der Waals surface area contributed by atoms with Gasteiger partial charge in [-0.25, -0.2) is 9.78 Å². The van der Waals surface area contributed by atoms with E-state index in [-0.39, 0.29) is 5.91 Å². The lowest BCUT2D eigenvalue weighted by atomic mass is 9.77. The Bertz CT molecular complexity index is 717. The van der Waals surface area contributed by atoms with Gasteiger partial charge in [-0.2, -0.15) is 13.2 Å². The lowest BCUT2D eigenvalue weighted by molar-refractivity contribution is -0.192. The fourth-order valence-electron chi connectivity index (χ4n) is 4.01. The molecule has 2 saturated heterocycles. The molecule has 1 saturated carbocycles. The Morgan fingerprint density at radius 1 is 1.14 bits per heavy atom. The van der Waals surface area contributed by atoms with Gasteiger partial charge in [-0.1, -0.05) is 0 Å². The Kier molecular flexibility index (Phi) is 6.40. The summed E-state index contributed by atoms with van der Waals surface area (Å²) in [5.74, 6) is -1.74.